The smallest absolute Gasteiger partial charge is 0.258 e. The highest BCUT2D eigenvalue weighted by atomic mass is 35.5. The van der Waals surface area contributed by atoms with Gasteiger partial charge in [0.15, 0.2) is 0 Å². The molecule has 6 nitrogen and oxygen atoms in total. The summed E-state index contributed by atoms with van der Waals surface area (Å²) in [5, 5.41) is 4.57. The normalized spacial score (nSPS) is 19.6. The number of hydrazine groups is 1. The zero-order valence-electron chi connectivity index (χ0n) is 14.4. The van der Waals surface area contributed by atoms with Crippen molar-refractivity contribution in [2.45, 2.75) is 25.4 Å². The summed E-state index contributed by atoms with van der Waals surface area (Å²) in [6, 6.07) is 14.7. The number of ether oxygens (including phenoxy) is 1. The molecule has 3 N–H and O–H groups in total. The van der Waals surface area contributed by atoms with Crippen molar-refractivity contribution in [3.8, 4) is 5.75 Å². The van der Waals surface area contributed by atoms with Crippen LogP contribution in [0, 0.1) is 0 Å². The summed E-state index contributed by atoms with van der Waals surface area (Å²) < 4.78 is 5.67. The molecule has 0 saturated carbocycles. The average Bonchev–Trinajstić information content (AvgIpc) is 3.14. The van der Waals surface area contributed by atoms with Crippen LogP contribution >= 0.6 is 11.6 Å². The van der Waals surface area contributed by atoms with Gasteiger partial charge in [-0.3, -0.25) is 4.79 Å². The lowest BCUT2D eigenvalue weighted by molar-refractivity contribution is -0.122. The molecular weight excluding hydrogens is 352 g/mol. The van der Waals surface area contributed by atoms with Crippen LogP contribution < -0.4 is 21.0 Å². The largest absolute Gasteiger partial charge is 0.494 e. The molecule has 0 spiro atoms. The number of carbonyl (C=O) groups excluding carboxylic acids is 1. The number of amides is 1. The van der Waals surface area contributed by atoms with E-state index in [4.69, 9.17) is 16.3 Å². The number of benzene rings is 2. The summed E-state index contributed by atoms with van der Waals surface area (Å²) in [6.45, 7) is 2.54. The maximum Gasteiger partial charge on any atom is 0.258 e. The Bertz CT molecular complexity index is 797. The lowest BCUT2D eigenvalue weighted by Gasteiger charge is -2.15. The molecule has 1 aliphatic heterocycles. The van der Waals surface area contributed by atoms with Crippen LogP contribution in [0.3, 0.4) is 0 Å². The van der Waals surface area contributed by atoms with E-state index in [9.17, 15) is 4.79 Å². The van der Waals surface area contributed by atoms with Gasteiger partial charge in [-0.05, 0) is 25.5 Å². The van der Waals surface area contributed by atoms with E-state index in [-0.39, 0.29) is 11.9 Å². The number of hydrogen-bond acceptors (Lipinski definition) is 5. The summed E-state index contributed by atoms with van der Waals surface area (Å²) in [5.74, 6) is 0.615. The third kappa shape index (κ3) is 4.40. The first-order valence-corrected chi connectivity index (χ1v) is 8.87. The Morgan fingerprint density at radius 1 is 1.27 bits per heavy atom. The molecule has 26 heavy (non-hydrogen) atoms. The zero-order valence-corrected chi connectivity index (χ0v) is 15.2. The fourth-order valence-corrected chi connectivity index (χ4v) is 3.00. The van der Waals surface area contributed by atoms with Crippen LogP contribution in [0.2, 0.25) is 5.02 Å². The molecule has 3 rings (SSSR count). The molecule has 2 unspecified atom stereocenters. The van der Waals surface area contributed by atoms with Crippen LogP contribution in [0.1, 0.15) is 30.5 Å². The number of hydrogen-bond donors (Lipinski definition) is 3. The van der Waals surface area contributed by atoms with E-state index in [1.807, 2.05) is 49.4 Å². The molecule has 1 heterocycles. The number of hydrazone groups is 1. The Morgan fingerprint density at radius 3 is 2.85 bits per heavy atom. The minimum absolute atomic E-state index is 0.0129. The average molecular weight is 373 g/mol. The van der Waals surface area contributed by atoms with Crippen LogP contribution in [-0.2, 0) is 4.79 Å². The van der Waals surface area contributed by atoms with Crippen molar-refractivity contribution in [3.05, 3.63) is 64.7 Å². The predicted molar refractivity (Wildman–Crippen MR) is 102 cm³/mol. The molecular formula is C19H21ClN4O2. The zero-order chi connectivity index (χ0) is 18.4. The number of nitrogens with zero attached hydrogens (tertiary/aromatic N) is 1. The monoisotopic (exact) mass is 372 g/mol. The fourth-order valence-electron chi connectivity index (χ4n) is 2.81. The Balaban J connectivity index is 1.59. The van der Waals surface area contributed by atoms with Crippen molar-refractivity contribution in [2.24, 2.45) is 5.10 Å². The summed E-state index contributed by atoms with van der Waals surface area (Å²) in [4.78, 5) is 12.3. The second kappa shape index (κ2) is 8.80. The third-order valence-corrected chi connectivity index (χ3v) is 4.44. The number of para-hydroxylation sites is 1. The van der Waals surface area contributed by atoms with Gasteiger partial charge >= 0.3 is 0 Å². The highest BCUT2D eigenvalue weighted by Crippen LogP contribution is 2.30. The lowest BCUT2D eigenvalue weighted by Crippen LogP contribution is -2.41. The third-order valence-electron chi connectivity index (χ3n) is 4.10. The Labute approximate surface area is 157 Å². The van der Waals surface area contributed by atoms with Gasteiger partial charge < -0.3 is 4.74 Å². The molecule has 0 bridgehead atoms. The molecule has 0 aromatic heterocycles. The van der Waals surface area contributed by atoms with E-state index in [1.165, 1.54) is 6.21 Å². The van der Waals surface area contributed by atoms with Crippen molar-refractivity contribution in [3.63, 3.8) is 0 Å². The first-order valence-electron chi connectivity index (χ1n) is 8.49. The van der Waals surface area contributed by atoms with Gasteiger partial charge in [-0.1, -0.05) is 48.0 Å². The number of carbonyl (C=O) groups is 1. The van der Waals surface area contributed by atoms with E-state index >= 15 is 0 Å². The maximum absolute atomic E-state index is 12.3. The van der Waals surface area contributed by atoms with Gasteiger partial charge in [0.1, 0.15) is 11.8 Å². The van der Waals surface area contributed by atoms with Crippen molar-refractivity contribution in [2.75, 3.05) is 6.61 Å². The standard InChI is InChI=1S/C19H21ClN4O2/c1-2-26-18-10-6-4-8-14(18)16-11-17(23-22-16)19(25)24-21-12-13-7-3-5-9-15(13)20/h3-10,12,16-17,22-23H,2,11H2,1H3,(H,24,25)/b21-12+. The number of nitrogens with one attached hydrogen (secondary N) is 3. The van der Waals surface area contributed by atoms with E-state index < -0.39 is 6.04 Å². The van der Waals surface area contributed by atoms with E-state index in [2.05, 4.69) is 21.4 Å². The molecule has 1 fully saturated rings. The minimum Gasteiger partial charge on any atom is -0.494 e. The fraction of sp³-hybridized carbons (Fsp3) is 0.263. The van der Waals surface area contributed by atoms with Crippen molar-refractivity contribution in [1.82, 2.24) is 16.3 Å². The summed E-state index contributed by atoms with van der Waals surface area (Å²) in [6.07, 6.45) is 2.13. The maximum atomic E-state index is 12.3. The lowest BCUT2D eigenvalue weighted by atomic mass is 10.0. The van der Waals surface area contributed by atoms with E-state index in [0.717, 1.165) is 16.9 Å². The Hall–Kier alpha value is -2.41. The Kier molecular flexibility index (Phi) is 6.22. The van der Waals surface area contributed by atoms with Crippen molar-refractivity contribution >= 4 is 23.7 Å². The van der Waals surface area contributed by atoms with Crippen LogP contribution in [0.4, 0.5) is 0 Å². The molecule has 1 amide bonds. The summed E-state index contributed by atoms with van der Waals surface area (Å²) in [7, 11) is 0. The molecule has 0 aliphatic carbocycles. The predicted octanol–water partition coefficient (Wildman–Crippen LogP) is 2.80. The van der Waals surface area contributed by atoms with Gasteiger partial charge in [0.05, 0.1) is 18.9 Å². The quantitative estimate of drug-likeness (QED) is 0.538. The highest BCUT2D eigenvalue weighted by molar-refractivity contribution is 6.33. The molecule has 0 radical (unpaired) electrons. The van der Waals surface area contributed by atoms with Crippen LogP contribution in [0.15, 0.2) is 53.6 Å². The summed E-state index contributed by atoms with van der Waals surface area (Å²) >= 11 is 6.06. The van der Waals surface area contributed by atoms with Gasteiger partial charge in [0, 0.05) is 16.1 Å². The SMILES string of the molecule is CCOc1ccccc1C1CC(C(=O)N/N=C/c2ccccc2Cl)NN1. The topological polar surface area (TPSA) is 74.8 Å². The molecule has 2 atom stereocenters. The summed E-state index contributed by atoms with van der Waals surface area (Å²) in [5.41, 5.74) is 10.5. The van der Waals surface area contributed by atoms with Crippen LogP contribution in [-0.4, -0.2) is 24.8 Å². The highest BCUT2D eigenvalue weighted by Gasteiger charge is 2.31. The molecule has 1 saturated heterocycles. The van der Waals surface area contributed by atoms with Crippen LogP contribution in [0.5, 0.6) is 5.75 Å². The molecule has 7 heteroatoms. The first kappa shape index (κ1) is 18.4. The van der Waals surface area contributed by atoms with Gasteiger partial charge in [0.2, 0.25) is 0 Å². The minimum atomic E-state index is -0.391. The first-order chi connectivity index (χ1) is 12.7. The van der Waals surface area contributed by atoms with Gasteiger partial charge in [-0.25, -0.2) is 16.3 Å². The number of halogens is 1. The van der Waals surface area contributed by atoms with Crippen molar-refractivity contribution in [1.29, 1.82) is 0 Å². The molecule has 1 aliphatic rings. The van der Waals surface area contributed by atoms with E-state index in [1.54, 1.807) is 6.07 Å². The van der Waals surface area contributed by atoms with E-state index in [0.29, 0.717) is 18.1 Å². The molecule has 2 aromatic carbocycles. The molecule has 136 valence electrons. The second-order valence-electron chi connectivity index (χ2n) is 5.86. The number of rotatable bonds is 6. The van der Waals surface area contributed by atoms with Crippen molar-refractivity contribution < 1.29 is 9.53 Å². The molecule has 2 aromatic rings. The van der Waals surface area contributed by atoms with Crippen LogP contribution in [0.25, 0.3) is 0 Å². The van der Waals surface area contributed by atoms with Gasteiger partial charge in [-0.15, -0.1) is 0 Å². The Morgan fingerprint density at radius 2 is 2.04 bits per heavy atom. The second-order valence-corrected chi connectivity index (χ2v) is 6.26. The van der Waals surface area contributed by atoms with Gasteiger partial charge in [0.25, 0.3) is 5.91 Å². The van der Waals surface area contributed by atoms with Gasteiger partial charge in [-0.2, -0.15) is 5.10 Å².